The zero-order chi connectivity index (χ0) is 13.9. The van der Waals surface area contributed by atoms with Gasteiger partial charge in [0, 0.05) is 12.2 Å². The first kappa shape index (κ1) is 13.0. The summed E-state index contributed by atoms with van der Waals surface area (Å²) in [5.74, 6) is 0. The standard InChI is InChI=1S/C16H14ClN3/c17-14-4-2-6-16(13(14)9-18)20-15-5-1-3-11-10-19-8-7-12(11)15/h1-6,19-20H,7-8,10H2. The van der Waals surface area contributed by atoms with E-state index in [-0.39, 0.29) is 0 Å². The van der Waals surface area contributed by atoms with Gasteiger partial charge in [-0.05, 0) is 42.3 Å². The third kappa shape index (κ3) is 2.36. The van der Waals surface area contributed by atoms with Crippen LogP contribution in [0.2, 0.25) is 5.02 Å². The molecular formula is C16H14ClN3. The van der Waals surface area contributed by atoms with Gasteiger partial charge in [0.05, 0.1) is 16.3 Å². The Balaban J connectivity index is 2.01. The molecule has 4 heteroatoms. The van der Waals surface area contributed by atoms with Gasteiger partial charge < -0.3 is 10.6 Å². The first-order chi connectivity index (χ1) is 9.79. The Morgan fingerprint density at radius 3 is 2.80 bits per heavy atom. The third-order valence-electron chi connectivity index (χ3n) is 3.54. The lowest BCUT2D eigenvalue weighted by Gasteiger charge is -2.21. The molecule has 2 aromatic carbocycles. The van der Waals surface area contributed by atoms with Crippen LogP contribution in [0.5, 0.6) is 0 Å². The monoisotopic (exact) mass is 283 g/mol. The summed E-state index contributed by atoms with van der Waals surface area (Å²) in [4.78, 5) is 0. The van der Waals surface area contributed by atoms with E-state index in [0.717, 1.165) is 30.9 Å². The van der Waals surface area contributed by atoms with E-state index in [1.165, 1.54) is 11.1 Å². The quantitative estimate of drug-likeness (QED) is 0.885. The molecule has 3 rings (SSSR count). The van der Waals surface area contributed by atoms with Crippen LogP contribution in [-0.2, 0) is 13.0 Å². The van der Waals surface area contributed by atoms with Crippen molar-refractivity contribution in [3.63, 3.8) is 0 Å². The number of rotatable bonds is 2. The smallest absolute Gasteiger partial charge is 0.103 e. The molecule has 0 spiro atoms. The molecule has 2 aromatic rings. The van der Waals surface area contributed by atoms with Crippen molar-refractivity contribution in [2.75, 3.05) is 11.9 Å². The molecule has 2 N–H and O–H groups in total. The maximum Gasteiger partial charge on any atom is 0.103 e. The summed E-state index contributed by atoms with van der Waals surface area (Å²) >= 11 is 6.07. The van der Waals surface area contributed by atoms with E-state index in [1.807, 2.05) is 24.3 Å². The van der Waals surface area contributed by atoms with Gasteiger partial charge in [0.15, 0.2) is 0 Å². The van der Waals surface area contributed by atoms with Gasteiger partial charge in [-0.2, -0.15) is 5.26 Å². The first-order valence-corrected chi connectivity index (χ1v) is 6.94. The van der Waals surface area contributed by atoms with Gasteiger partial charge in [-0.3, -0.25) is 0 Å². The highest BCUT2D eigenvalue weighted by atomic mass is 35.5. The molecule has 1 heterocycles. The summed E-state index contributed by atoms with van der Waals surface area (Å²) in [6, 6.07) is 13.8. The molecule has 100 valence electrons. The van der Waals surface area contributed by atoms with Gasteiger partial charge in [-0.15, -0.1) is 0 Å². The minimum atomic E-state index is 0.476. The summed E-state index contributed by atoms with van der Waals surface area (Å²) in [6.45, 7) is 1.87. The summed E-state index contributed by atoms with van der Waals surface area (Å²) in [6.07, 6.45) is 0.987. The number of hydrogen-bond donors (Lipinski definition) is 2. The number of hydrogen-bond acceptors (Lipinski definition) is 3. The van der Waals surface area contributed by atoms with Crippen molar-refractivity contribution < 1.29 is 0 Å². The van der Waals surface area contributed by atoms with Gasteiger partial charge >= 0.3 is 0 Å². The average molecular weight is 284 g/mol. The molecule has 0 atom stereocenters. The second kappa shape index (κ2) is 5.54. The molecule has 20 heavy (non-hydrogen) atoms. The minimum absolute atomic E-state index is 0.476. The zero-order valence-electron chi connectivity index (χ0n) is 10.9. The lowest BCUT2D eigenvalue weighted by Crippen LogP contribution is -2.24. The third-order valence-corrected chi connectivity index (χ3v) is 3.85. The van der Waals surface area contributed by atoms with Crippen molar-refractivity contribution in [2.24, 2.45) is 0 Å². The maximum atomic E-state index is 9.23. The molecule has 0 fully saturated rings. The average Bonchev–Trinajstić information content (AvgIpc) is 2.48. The van der Waals surface area contributed by atoms with Crippen molar-refractivity contribution in [3.8, 4) is 6.07 Å². The fraction of sp³-hybridized carbons (Fsp3) is 0.188. The molecule has 0 aliphatic carbocycles. The summed E-state index contributed by atoms with van der Waals surface area (Å²) in [5.41, 5.74) is 4.92. The van der Waals surface area contributed by atoms with Crippen LogP contribution < -0.4 is 10.6 Å². The van der Waals surface area contributed by atoms with E-state index in [2.05, 4.69) is 22.8 Å². The van der Waals surface area contributed by atoms with Crippen molar-refractivity contribution in [1.29, 1.82) is 5.26 Å². The Bertz CT molecular complexity index is 689. The summed E-state index contributed by atoms with van der Waals surface area (Å²) in [7, 11) is 0. The maximum absolute atomic E-state index is 9.23. The number of nitriles is 1. The van der Waals surface area contributed by atoms with Crippen molar-refractivity contribution in [3.05, 3.63) is 58.1 Å². The zero-order valence-corrected chi connectivity index (χ0v) is 11.7. The molecule has 1 aliphatic rings. The first-order valence-electron chi connectivity index (χ1n) is 6.56. The second-order valence-corrected chi connectivity index (χ2v) is 5.18. The minimum Gasteiger partial charge on any atom is -0.354 e. The number of halogens is 1. The Morgan fingerprint density at radius 1 is 1.15 bits per heavy atom. The van der Waals surface area contributed by atoms with Crippen LogP contribution in [0, 0.1) is 11.3 Å². The molecule has 1 aliphatic heterocycles. The number of fused-ring (bicyclic) bond motifs is 1. The van der Waals surface area contributed by atoms with E-state index in [0.29, 0.717) is 10.6 Å². The van der Waals surface area contributed by atoms with Crippen LogP contribution in [0.3, 0.4) is 0 Å². The molecular weight excluding hydrogens is 270 g/mol. The number of nitrogens with one attached hydrogen (secondary N) is 2. The Hall–Kier alpha value is -2.02. The summed E-state index contributed by atoms with van der Waals surface area (Å²) < 4.78 is 0. The molecule has 0 aromatic heterocycles. The fourth-order valence-corrected chi connectivity index (χ4v) is 2.75. The fourth-order valence-electron chi connectivity index (χ4n) is 2.54. The largest absolute Gasteiger partial charge is 0.354 e. The molecule has 0 radical (unpaired) electrons. The van der Waals surface area contributed by atoms with E-state index in [4.69, 9.17) is 11.6 Å². The van der Waals surface area contributed by atoms with Gasteiger partial charge in [0.25, 0.3) is 0 Å². The number of benzene rings is 2. The molecule has 0 bridgehead atoms. The van der Waals surface area contributed by atoms with Crippen LogP contribution in [0.15, 0.2) is 36.4 Å². The Kier molecular flexibility index (Phi) is 3.60. The van der Waals surface area contributed by atoms with Gasteiger partial charge in [0.2, 0.25) is 0 Å². The van der Waals surface area contributed by atoms with Gasteiger partial charge in [0.1, 0.15) is 6.07 Å². The lowest BCUT2D eigenvalue weighted by atomic mass is 9.98. The van der Waals surface area contributed by atoms with Crippen LogP contribution in [0.25, 0.3) is 0 Å². The van der Waals surface area contributed by atoms with Gasteiger partial charge in [-0.1, -0.05) is 29.8 Å². The van der Waals surface area contributed by atoms with E-state index in [9.17, 15) is 5.26 Å². The van der Waals surface area contributed by atoms with Crippen molar-refractivity contribution in [1.82, 2.24) is 5.32 Å². The lowest BCUT2D eigenvalue weighted by molar-refractivity contribution is 0.645. The SMILES string of the molecule is N#Cc1c(Cl)cccc1Nc1cccc2c1CCNC2. The predicted octanol–water partition coefficient (Wildman–Crippen LogP) is 3.60. The highest BCUT2D eigenvalue weighted by molar-refractivity contribution is 6.32. The highest BCUT2D eigenvalue weighted by Gasteiger charge is 2.14. The summed E-state index contributed by atoms with van der Waals surface area (Å²) in [5, 5.41) is 16.4. The molecule has 0 unspecified atom stereocenters. The van der Waals surface area contributed by atoms with E-state index >= 15 is 0 Å². The van der Waals surface area contributed by atoms with Crippen LogP contribution in [-0.4, -0.2) is 6.54 Å². The van der Waals surface area contributed by atoms with E-state index < -0.39 is 0 Å². The normalized spacial score (nSPS) is 13.4. The molecule has 0 saturated carbocycles. The van der Waals surface area contributed by atoms with Crippen LogP contribution in [0.1, 0.15) is 16.7 Å². The van der Waals surface area contributed by atoms with Crippen molar-refractivity contribution in [2.45, 2.75) is 13.0 Å². The topological polar surface area (TPSA) is 47.9 Å². The van der Waals surface area contributed by atoms with Crippen molar-refractivity contribution >= 4 is 23.0 Å². The highest BCUT2D eigenvalue weighted by Crippen LogP contribution is 2.30. The molecule has 0 amide bonds. The number of nitrogens with zero attached hydrogens (tertiary/aromatic N) is 1. The Labute approximate surface area is 123 Å². The predicted molar refractivity (Wildman–Crippen MR) is 81.3 cm³/mol. The van der Waals surface area contributed by atoms with E-state index in [1.54, 1.807) is 6.07 Å². The number of anilines is 2. The van der Waals surface area contributed by atoms with Gasteiger partial charge in [-0.25, -0.2) is 0 Å². The second-order valence-electron chi connectivity index (χ2n) is 4.77. The molecule has 0 saturated heterocycles. The molecule has 3 nitrogen and oxygen atoms in total. The Morgan fingerprint density at radius 2 is 1.95 bits per heavy atom. The van der Waals surface area contributed by atoms with Crippen LogP contribution >= 0.6 is 11.6 Å². The van der Waals surface area contributed by atoms with Crippen LogP contribution in [0.4, 0.5) is 11.4 Å².